The summed E-state index contributed by atoms with van der Waals surface area (Å²) in [5, 5.41) is 7.87. The number of benzene rings is 1. The highest BCUT2D eigenvalue weighted by molar-refractivity contribution is 7.89. The molecule has 1 fully saturated rings. The molecule has 0 aliphatic carbocycles. The summed E-state index contributed by atoms with van der Waals surface area (Å²) in [6.45, 7) is 3.55. The molecule has 2 rings (SSSR count). The molecule has 8 nitrogen and oxygen atoms in total. The number of nitrogens with one attached hydrogen (secondary N) is 1. The van der Waals surface area contributed by atoms with E-state index >= 15 is 0 Å². The van der Waals surface area contributed by atoms with Crippen molar-refractivity contribution in [3.05, 3.63) is 29.8 Å². The van der Waals surface area contributed by atoms with Gasteiger partial charge in [0.05, 0.1) is 11.0 Å². The van der Waals surface area contributed by atoms with Crippen LogP contribution in [0.1, 0.15) is 31.7 Å². The highest BCUT2D eigenvalue weighted by Gasteiger charge is 2.21. The maximum Gasteiger partial charge on any atom is 0.238 e. The Morgan fingerprint density at radius 3 is 2.56 bits per heavy atom. The lowest BCUT2D eigenvalue weighted by Crippen LogP contribution is -2.38. The Labute approximate surface area is 160 Å². The fraction of sp³-hybridized carbons (Fsp3) is 0.556. The number of ether oxygens (including phenoxy) is 1. The van der Waals surface area contributed by atoms with Gasteiger partial charge in [-0.1, -0.05) is 12.1 Å². The van der Waals surface area contributed by atoms with Crippen molar-refractivity contribution in [2.24, 2.45) is 5.14 Å². The summed E-state index contributed by atoms with van der Waals surface area (Å²) in [4.78, 5) is 25.5. The van der Waals surface area contributed by atoms with Gasteiger partial charge in [0.15, 0.2) is 0 Å². The van der Waals surface area contributed by atoms with Crippen LogP contribution in [0.5, 0.6) is 0 Å². The van der Waals surface area contributed by atoms with Gasteiger partial charge in [0.1, 0.15) is 0 Å². The van der Waals surface area contributed by atoms with Gasteiger partial charge in [-0.05, 0) is 37.0 Å². The molecule has 1 aliphatic heterocycles. The molecule has 3 N–H and O–H groups in total. The minimum Gasteiger partial charge on any atom is -0.376 e. The summed E-state index contributed by atoms with van der Waals surface area (Å²) < 4.78 is 28.0. The maximum atomic E-state index is 12.0. The lowest BCUT2D eigenvalue weighted by Gasteiger charge is -2.23. The molecule has 1 aromatic rings. The van der Waals surface area contributed by atoms with Crippen LogP contribution in [0.3, 0.4) is 0 Å². The summed E-state index contributed by atoms with van der Waals surface area (Å²) in [5.41, 5.74) is 0.895. The minimum absolute atomic E-state index is 0.0610. The number of nitrogens with zero attached hydrogens (tertiary/aromatic N) is 1. The van der Waals surface area contributed by atoms with Gasteiger partial charge in [-0.3, -0.25) is 9.59 Å². The molecular formula is C18H27N3O5S. The molecule has 150 valence electrons. The predicted molar refractivity (Wildman–Crippen MR) is 100 cm³/mol. The summed E-state index contributed by atoms with van der Waals surface area (Å²) >= 11 is 0. The minimum atomic E-state index is -3.70. The summed E-state index contributed by atoms with van der Waals surface area (Å²) in [7, 11) is -3.70. The van der Waals surface area contributed by atoms with Gasteiger partial charge >= 0.3 is 0 Å². The predicted octanol–water partition coefficient (Wildman–Crippen LogP) is 0.410. The number of carbonyl (C=O) groups is 2. The molecular weight excluding hydrogens is 370 g/mol. The third kappa shape index (κ3) is 7.28. The van der Waals surface area contributed by atoms with Crippen molar-refractivity contribution in [3.8, 4) is 0 Å². The number of rotatable bonds is 9. The van der Waals surface area contributed by atoms with Gasteiger partial charge in [0.2, 0.25) is 21.8 Å². The first-order valence-electron chi connectivity index (χ1n) is 9.01. The second-order valence-corrected chi connectivity index (χ2v) is 8.20. The van der Waals surface area contributed by atoms with Gasteiger partial charge in [-0.15, -0.1) is 0 Å². The Kier molecular flexibility index (Phi) is 7.76. The lowest BCUT2D eigenvalue weighted by molar-refractivity contribution is -0.131. The van der Waals surface area contributed by atoms with Crippen LogP contribution in [0, 0.1) is 0 Å². The number of hydrogen-bond acceptors (Lipinski definition) is 5. The molecule has 27 heavy (non-hydrogen) atoms. The van der Waals surface area contributed by atoms with Crippen LogP contribution in [0.4, 0.5) is 0 Å². The molecule has 0 bridgehead atoms. The van der Waals surface area contributed by atoms with Crippen molar-refractivity contribution in [1.29, 1.82) is 0 Å². The second-order valence-electron chi connectivity index (χ2n) is 6.64. The summed E-state index contributed by atoms with van der Waals surface area (Å²) in [6, 6.07) is 6.24. The molecule has 1 saturated heterocycles. The Morgan fingerprint density at radius 1 is 1.30 bits per heavy atom. The lowest BCUT2D eigenvalue weighted by atomic mass is 10.1. The van der Waals surface area contributed by atoms with E-state index in [1.54, 1.807) is 17.0 Å². The first-order chi connectivity index (χ1) is 12.8. The van der Waals surface area contributed by atoms with E-state index in [9.17, 15) is 18.0 Å². The van der Waals surface area contributed by atoms with E-state index in [2.05, 4.69) is 5.32 Å². The fourth-order valence-electron chi connectivity index (χ4n) is 2.93. The Bertz CT molecular complexity index is 743. The van der Waals surface area contributed by atoms with Gasteiger partial charge in [-0.2, -0.15) is 0 Å². The number of primary sulfonamides is 1. The van der Waals surface area contributed by atoms with Crippen molar-refractivity contribution in [1.82, 2.24) is 10.2 Å². The van der Waals surface area contributed by atoms with Crippen LogP contribution in [0.2, 0.25) is 0 Å². The fourth-order valence-corrected chi connectivity index (χ4v) is 3.44. The van der Waals surface area contributed by atoms with E-state index in [4.69, 9.17) is 9.88 Å². The highest BCUT2D eigenvalue weighted by atomic mass is 32.2. The van der Waals surface area contributed by atoms with Gasteiger partial charge < -0.3 is 15.0 Å². The molecule has 1 heterocycles. The zero-order chi connectivity index (χ0) is 19.9. The van der Waals surface area contributed by atoms with Crippen LogP contribution in [0.15, 0.2) is 29.2 Å². The quantitative estimate of drug-likeness (QED) is 0.626. The Morgan fingerprint density at radius 2 is 2.00 bits per heavy atom. The molecule has 9 heteroatoms. The standard InChI is InChI=1S/C18H27N3O5S/c1-14(22)21(13-16-3-2-12-26-16)11-9-18(23)20-10-8-15-4-6-17(7-5-15)27(19,24)25/h4-7,16H,2-3,8-13H2,1H3,(H,20,23)(H2,19,24,25). The van der Waals surface area contributed by atoms with E-state index in [1.165, 1.54) is 19.1 Å². The largest absolute Gasteiger partial charge is 0.376 e. The van der Waals surface area contributed by atoms with E-state index in [1.807, 2.05) is 0 Å². The van der Waals surface area contributed by atoms with Gasteiger partial charge in [-0.25, -0.2) is 13.6 Å². The Balaban J connectivity index is 1.71. The van der Waals surface area contributed by atoms with Gasteiger partial charge in [0, 0.05) is 39.6 Å². The van der Waals surface area contributed by atoms with E-state index < -0.39 is 10.0 Å². The third-order valence-corrected chi connectivity index (χ3v) is 5.42. The third-order valence-electron chi connectivity index (χ3n) is 4.49. The first kappa shape index (κ1) is 21.3. The number of sulfonamides is 1. The molecule has 1 unspecified atom stereocenters. The van der Waals surface area contributed by atoms with Crippen LogP contribution < -0.4 is 10.5 Å². The van der Waals surface area contributed by atoms with Crippen LogP contribution >= 0.6 is 0 Å². The zero-order valence-corrected chi connectivity index (χ0v) is 16.3. The average Bonchev–Trinajstić information content (AvgIpc) is 3.11. The van der Waals surface area contributed by atoms with E-state index in [0.717, 1.165) is 25.0 Å². The number of nitrogens with two attached hydrogens (primary N) is 1. The van der Waals surface area contributed by atoms with Crippen molar-refractivity contribution in [3.63, 3.8) is 0 Å². The SMILES string of the molecule is CC(=O)N(CCC(=O)NCCc1ccc(S(N)(=O)=O)cc1)CC1CCCO1. The summed E-state index contributed by atoms with van der Waals surface area (Å²) in [5.74, 6) is -0.192. The van der Waals surface area contributed by atoms with Gasteiger partial charge in [0.25, 0.3) is 0 Å². The molecule has 2 amide bonds. The van der Waals surface area contributed by atoms with Crippen LogP contribution in [-0.4, -0.2) is 57.5 Å². The van der Waals surface area contributed by atoms with Crippen LogP contribution in [-0.2, 0) is 30.8 Å². The molecule has 0 radical (unpaired) electrons. The zero-order valence-electron chi connectivity index (χ0n) is 15.5. The van der Waals surface area contributed by atoms with Crippen molar-refractivity contribution in [2.45, 2.75) is 43.6 Å². The van der Waals surface area contributed by atoms with Crippen molar-refractivity contribution < 1.29 is 22.7 Å². The number of carbonyl (C=O) groups excluding carboxylic acids is 2. The molecule has 0 saturated carbocycles. The maximum absolute atomic E-state index is 12.0. The molecule has 0 spiro atoms. The smallest absolute Gasteiger partial charge is 0.238 e. The monoisotopic (exact) mass is 397 g/mol. The topological polar surface area (TPSA) is 119 Å². The molecule has 1 atom stereocenters. The first-order valence-corrected chi connectivity index (χ1v) is 10.6. The van der Waals surface area contributed by atoms with E-state index in [-0.39, 0.29) is 29.2 Å². The Hall–Kier alpha value is -1.97. The van der Waals surface area contributed by atoms with Crippen molar-refractivity contribution in [2.75, 3.05) is 26.2 Å². The molecule has 1 aliphatic rings. The normalized spacial score (nSPS) is 16.9. The van der Waals surface area contributed by atoms with Crippen LogP contribution in [0.25, 0.3) is 0 Å². The average molecular weight is 397 g/mol. The summed E-state index contributed by atoms with van der Waals surface area (Å²) in [6.07, 6.45) is 2.83. The number of hydrogen-bond donors (Lipinski definition) is 2. The second kappa shape index (κ2) is 9.82. The van der Waals surface area contributed by atoms with E-state index in [0.29, 0.717) is 26.1 Å². The molecule has 0 aromatic heterocycles. The highest BCUT2D eigenvalue weighted by Crippen LogP contribution is 2.13. The molecule has 1 aromatic carbocycles. The number of amides is 2. The van der Waals surface area contributed by atoms with Crippen molar-refractivity contribution >= 4 is 21.8 Å².